The van der Waals surface area contributed by atoms with Crippen molar-refractivity contribution in [1.29, 1.82) is 0 Å². The van der Waals surface area contributed by atoms with Gasteiger partial charge in [-0.1, -0.05) is 17.7 Å². The maximum absolute atomic E-state index is 13.3. The second-order valence-corrected chi connectivity index (χ2v) is 6.86. The van der Waals surface area contributed by atoms with E-state index in [1.807, 2.05) is 12.1 Å². The maximum Gasteiger partial charge on any atom is 0.258 e. The van der Waals surface area contributed by atoms with Crippen molar-refractivity contribution >= 4 is 28.9 Å². The summed E-state index contributed by atoms with van der Waals surface area (Å²) < 4.78 is 13.3. The third kappa shape index (κ3) is 3.78. The van der Waals surface area contributed by atoms with Crippen molar-refractivity contribution in [3.8, 4) is 0 Å². The van der Waals surface area contributed by atoms with Gasteiger partial charge in [0.2, 0.25) is 0 Å². The summed E-state index contributed by atoms with van der Waals surface area (Å²) in [5, 5.41) is 3.81. The molecule has 4 rings (SSSR count). The van der Waals surface area contributed by atoms with Gasteiger partial charge in [-0.05, 0) is 60.0 Å². The van der Waals surface area contributed by atoms with Gasteiger partial charge in [0.15, 0.2) is 0 Å². The monoisotopic (exact) mass is 381 g/mol. The maximum atomic E-state index is 13.3. The second kappa shape index (κ2) is 7.37. The lowest BCUT2D eigenvalue weighted by molar-refractivity contribution is 0.0980. The fourth-order valence-corrected chi connectivity index (χ4v) is 3.42. The van der Waals surface area contributed by atoms with Crippen LogP contribution in [-0.4, -0.2) is 17.4 Å². The number of hydrogen-bond donors (Lipinski definition) is 1. The number of anilines is 2. The molecule has 136 valence electrons. The molecule has 1 aliphatic heterocycles. The van der Waals surface area contributed by atoms with Gasteiger partial charge in [0.1, 0.15) is 5.82 Å². The van der Waals surface area contributed by atoms with Crippen molar-refractivity contribution in [2.24, 2.45) is 0 Å². The van der Waals surface area contributed by atoms with E-state index in [0.717, 1.165) is 23.2 Å². The molecular formula is C21H17ClFN3O. The number of carbonyl (C=O) groups is 1. The zero-order chi connectivity index (χ0) is 18.8. The molecule has 1 amide bonds. The summed E-state index contributed by atoms with van der Waals surface area (Å²) in [6, 6.07) is 13.6. The number of nitrogens with one attached hydrogen (secondary N) is 1. The first-order chi connectivity index (χ1) is 13.1. The van der Waals surface area contributed by atoms with Gasteiger partial charge >= 0.3 is 0 Å². The third-order valence-corrected chi connectivity index (χ3v) is 4.80. The van der Waals surface area contributed by atoms with Crippen LogP contribution >= 0.6 is 11.6 Å². The van der Waals surface area contributed by atoms with E-state index in [2.05, 4.69) is 10.3 Å². The lowest BCUT2D eigenvalue weighted by Crippen LogP contribution is -2.37. The van der Waals surface area contributed by atoms with Crippen LogP contribution in [0, 0.1) is 5.82 Å². The fourth-order valence-electron chi connectivity index (χ4n) is 3.22. The average molecular weight is 382 g/mol. The predicted octanol–water partition coefficient (Wildman–Crippen LogP) is 4.69. The summed E-state index contributed by atoms with van der Waals surface area (Å²) in [5.74, 6) is -0.338. The van der Waals surface area contributed by atoms with E-state index in [1.165, 1.54) is 12.1 Å². The number of pyridine rings is 1. The average Bonchev–Trinajstić information content (AvgIpc) is 2.67. The molecule has 2 aromatic carbocycles. The molecule has 1 aromatic heterocycles. The number of nitrogens with zero attached hydrogens (tertiary/aromatic N) is 2. The summed E-state index contributed by atoms with van der Waals surface area (Å²) in [6.07, 6.45) is 4.16. The van der Waals surface area contributed by atoms with E-state index >= 15 is 0 Å². The van der Waals surface area contributed by atoms with Gasteiger partial charge in [-0.15, -0.1) is 0 Å². The zero-order valence-electron chi connectivity index (χ0n) is 14.5. The number of rotatable bonds is 4. The van der Waals surface area contributed by atoms with Crippen LogP contribution in [0.2, 0.25) is 5.02 Å². The van der Waals surface area contributed by atoms with Crippen molar-refractivity contribution in [3.63, 3.8) is 0 Å². The number of aromatic nitrogens is 1. The fraction of sp³-hybridized carbons (Fsp3) is 0.143. The lowest BCUT2D eigenvalue weighted by atomic mass is 9.98. The van der Waals surface area contributed by atoms with Crippen LogP contribution in [0.5, 0.6) is 0 Å². The van der Waals surface area contributed by atoms with Crippen molar-refractivity contribution in [2.75, 3.05) is 16.8 Å². The summed E-state index contributed by atoms with van der Waals surface area (Å²) in [4.78, 5) is 18.9. The molecular weight excluding hydrogens is 365 g/mol. The van der Waals surface area contributed by atoms with Gasteiger partial charge < -0.3 is 10.2 Å². The molecule has 0 spiro atoms. The lowest BCUT2D eigenvalue weighted by Gasteiger charge is -2.28. The Morgan fingerprint density at radius 3 is 2.89 bits per heavy atom. The summed E-state index contributed by atoms with van der Waals surface area (Å²) >= 11 is 6.03. The molecule has 2 heterocycles. The molecule has 0 radical (unpaired) electrons. The minimum Gasteiger partial charge on any atom is -0.381 e. The van der Waals surface area contributed by atoms with E-state index in [0.29, 0.717) is 29.4 Å². The Balaban J connectivity index is 1.52. The van der Waals surface area contributed by atoms with Gasteiger partial charge in [-0.3, -0.25) is 9.78 Å². The van der Waals surface area contributed by atoms with E-state index in [1.54, 1.807) is 41.6 Å². The van der Waals surface area contributed by atoms with Gasteiger partial charge in [0, 0.05) is 35.6 Å². The normalized spacial score (nSPS) is 13.4. The summed E-state index contributed by atoms with van der Waals surface area (Å²) in [7, 11) is 0. The Bertz CT molecular complexity index is 1010. The topological polar surface area (TPSA) is 45.2 Å². The highest BCUT2D eigenvalue weighted by atomic mass is 35.5. The van der Waals surface area contributed by atoms with E-state index in [-0.39, 0.29) is 11.7 Å². The molecule has 0 aliphatic carbocycles. The molecule has 0 unspecified atom stereocenters. The third-order valence-electron chi connectivity index (χ3n) is 4.56. The first-order valence-corrected chi connectivity index (χ1v) is 9.01. The van der Waals surface area contributed by atoms with Crippen molar-refractivity contribution < 1.29 is 9.18 Å². The predicted molar refractivity (Wildman–Crippen MR) is 105 cm³/mol. The van der Waals surface area contributed by atoms with Crippen molar-refractivity contribution in [3.05, 3.63) is 88.5 Å². The van der Waals surface area contributed by atoms with Crippen molar-refractivity contribution in [1.82, 2.24) is 4.98 Å². The van der Waals surface area contributed by atoms with Crippen molar-refractivity contribution in [2.45, 2.75) is 13.0 Å². The molecule has 3 aromatic rings. The summed E-state index contributed by atoms with van der Waals surface area (Å²) in [6.45, 7) is 1.06. The molecule has 0 saturated heterocycles. The largest absolute Gasteiger partial charge is 0.381 e. The van der Waals surface area contributed by atoms with E-state index < -0.39 is 0 Å². The smallest absolute Gasteiger partial charge is 0.258 e. The van der Waals surface area contributed by atoms with E-state index in [9.17, 15) is 9.18 Å². The molecule has 0 bridgehead atoms. The van der Waals surface area contributed by atoms with Crippen LogP contribution in [0.4, 0.5) is 15.8 Å². The standard InChI is InChI=1S/C21H17ClFN3O/c22-16-4-5-20-15(9-16)6-7-26(21(20)27)19-8-14(11-24-13-19)12-25-18-3-1-2-17(23)10-18/h1-5,8-11,13,25H,6-7,12H2. The second-order valence-electron chi connectivity index (χ2n) is 6.42. The van der Waals surface area contributed by atoms with E-state index in [4.69, 9.17) is 11.6 Å². The number of hydrogen-bond acceptors (Lipinski definition) is 3. The van der Waals surface area contributed by atoms with Gasteiger partial charge in [-0.2, -0.15) is 0 Å². The number of amides is 1. The van der Waals surface area contributed by atoms with Crippen LogP contribution in [0.25, 0.3) is 0 Å². The zero-order valence-corrected chi connectivity index (χ0v) is 15.2. The SMILES string of the molecule is O=C1c2ccc(Cl)cc2CCN1c1cncc(CNc2cccc(F)c2)c1. The highest BCUT2D eigenvalue weighted by molar-refractivity contribution is 6.30. The Morgan fingerprint density at radius 2 is 2.04 bits per heavy atom. The van der Waals surface area contributed by atoms with Crippen LogP contribution in [-0.2, 0) is 13.0 Å². The number of halogens is 2. The van der Waals surface area contributed by atoms with Gasteiger partial charge in [-0.25, -0.2) is 4.39 Å². The van der Waals surface area contributed by atoms with Crippen LogP contribution < -0.4 is 10.2 Å². The Hall–Kier alpha value is -2.92. The highest BCUT2D eigenvalue weighted by Crippen LogP contribution is 2.27. The minimum atomic E-state index is -0.287. The molecule has 6 heteroatoms. The Kier molecular flexibility index (Phi) is 4.77. The Labute approximate surface area is 161 Å². The van der Waals surface area contributed by atoms with Gasteiger partial charge in [0.05, 0.1) is 11.9 Å². The first kappa shape index (κ1) is 17.5. The molecule has 1 N–H and O–H groups in total. The first-order valence-electron chi connectivity index (χ1n) is 8.64. The van der Waals surface area contributed by atoms with Crippen LogP contribution in [0.1, 0.15) is 21.5 Å². The molecule has 27 heavy (non-hydrogen) atoms. The molecule has 0 saturated carbocycles. The molecule has 0 atom stereocenters. The molecule has 0 fully saturated rings. The van der Waals surface area contributed by atoms with Gasteiger partial charge in [0.25, 0.3) is 5.91 Å². The molecule has 1 aliphatic rings. The molecule has 4 nitrogen and oxygen atoms in total. The number of fused-ring (bicyclic) bond motifs is 1. The summed E-state index contributed by atoms with van der Waals surface area (Å²) in [5.41, 5.74) is 4.00. The highest BCUT2D eigenvalue weighted by Gasteiger charge is 2.25. The Morgan fingerprint density at radius 1 is 1.15 bits per heavy atom. The minimum absolute atomic E-state index is 0.0510. The van der Waals surface area contributed by atoms with Crippen LogP contribution in [0.15, 0.2) is 60.9 Å². The number of benzene rings is 2. The quantitative estimate of drug-likeness (QED) is 0.713. The number of carbonyl (C=O) groups excluding carboxylic acids is 1. The van der Waals surface area contributed by atoms with Crippen LogP contribution in [0.3, 0.4) is 0 Å².